The predicted octanol–water partition coefficient (Wildman–Crippen LogP) is 4.46. The van der Waals surface area contributed by atoms with Gasteiger partial charge in [0, 0.05) is 5.69 Å². The van der Waals surface area contributed by atoms with Gasteiger partial charge in [-0.3, -0.25) is 9.59 Å². The van der Waals surface area contributed by atoms with Crippen LogP contribution in [0, 0.1) is 0 Å². The van der Waals surface area contributed by atoms with Crippen molar-refractivity contribution in [2.75, 3.05) is 23.9 Å². The molecule has 2 N–H and O–H groups in total. The maximum absolute atomic E-state index is 12.8. The molecule has 0 radical (unpaired) electrons. The van der Waals surface area contributed by atoms with Gasteiger partial charge in [0.25, 0.3) is 11.8 Å². The molecule has 0 atom stereocenters. The minimum absolute atomic E-state index is 0.0860. The van der Waals surface area contributed by atoms with Gasteiger partial charge in [-0.25, -0.2) is 9.69 Å². The normalized spacial score (nSPS) is 14.2. The summed E-state index contributed by atoms with van der Waals surface area (Å²) in [5.74, 6) is -0.411. The number of anilines is 2. The van der Waals surface area contributed by atoms with Crippen LogP contribution < -0.4 is 25.0 Å². The zero-order chi connectivity index (χ0) is 24.1. The number of urea groups is 1. The molecule has 4 amide bonds. The third-order valence-electron chi connectivity index (χ3n) is 4.86. The second-order valence-electron chi connectivity index (χ2n) is 7.20. The smallest absolute Gasteiger partial charge is 0.333 e. The minimum Gasteiger partial charge on any atom is -0.493 e. The molecule has 1 fully saturated rings. The van der Waals surface area contributed by atoms with Crippen LogP contribution in [0.1, 0.15) is 5.56 Å². The first-order valence-corrected chi connectivity index (χ1v) is 10.6. The van der Waals surface area contributed by atoms with E-state index in [2.05, 4.69) is 10.6 Å². The molecule has 4 rings (SSSR count). The van der Waals surface area contributed by atoms with Crippen LogP contribution in [-0.4, -0.2) is 31.6 Å². The van der Waals surface area contributed by atoms with Crippen LogP contribution in [0.25, 0.3) is 6.08 Å². The Kier molecular flexibility index (Phi) is 6.79. The number of halogens is 1. The van der Waals surface area contributed by atoms with Gasteiger partial charge in [0.2, 0.25) is 0 Å². The van der Waals surface area contributed by atoms with E-state index in [-0.39, 0.29) is 34.7 Å². The van der Waals surface area contributed by atoms with Gasteiger partial charge in [-0.1, -0.05) is 48.0 Å². The number of rotatable bonds is 7. The average Bonchev–Trinajstić information content (AvgIpc) is 3.11. The van der Waals surface area contributed by atoms with E-state index in [0.717, 1.165) is 4.90 Å². The molecule has 9 heteroatoms. The van der Waals surface area contributed by atoms with Crippen molar-refractivity contribution < 1.29 is 23.9 Å². The van der Waals surface area contributed by atoms with E-state index in [1.54, 1.807) is 66.7 Å². The molecule has 3 aromatic carbocycles. The van der Waals surface area contributed by atoms with Crippen molar-refractivity contribution >= 4 is 46.9 Å². The predicted molar refractivity (Wildman–Crippen MR) is 129 cm³/mol. The molecular weight excluding hydrogens is 458 g/mol. The number of imide groups is 1. The zero-order valence-corrected chi connectivity index (χ0v) is 18.8. The molecule has 0 unspecified atom stereocenters. The summed E-state index contributed by atoms with van der Waals surface area (Å²) in [4.78, 5) is 38.4. The summed E-state index contributed by atoms with van der Waals surface area (Å²) in [7, 11) is 1.43. The number of para-hydroxylation sites is 2. The quantitative estimate of drug-likeness (QED) is 0.387. The lowest BCUT2D eigenvalue weighted by Gasteiger charge is -2.13. The van der Waals surface area contributed by atoms with Crippen molar-refractivity contribution in [3.05, 3.63) is 89.1 Å². The molecule has 1 aliphatic rings. The molecule has 0 saturated carbocycles. The molecule has 34 heavy (non-hydrogen) atoms. The van der Waals surface area contributed by atoms with E-state index in [0.29, 0.717) is 16.9 Å². The Morgan fingerprint density at radius 3 is 2.41 bits per heavy atom. The number of hydrogen-bond acceptors (Lipinski definition) is 5. The largest absolute Gasteiger partial charge is 0.493 e. The molecule has 172 valence electrons. The van der Waals surface area contributed by atoms with Gasteiger partial charge in [0.05, 0.1) is 17.8 Å². The molecule has 0 bridgehead atoms. The Labute approximate surface area is 200 Å². The number of ether oxygens (including phenoxy) is 2. The number of carbonyl (C=O) groups excluding carboxylic acids is 3. The standard InChI is InChI=1S/C25H20ClN3O5/c1-33-21-14-16(13-20-24(31)29(25(32)28-20)18-10-6-3-7-11-18)12-19(26)23(21)34-15-22(30)27-17-8-4-2-5-9-17/h2-14H,15H2,1H3,(H,27,30)(H,28,32)/b20-13+. The zero-order valence-electron chi connectivity index (χ0n) is 18.1. The van der Waals surface area contributed by atoms with Crippen LogP contribution in [0.2, 0.25) is 5.02 Å². The van der Waals surface area contributed by atoms with Crippen LogP contribution in [-0.2, 0) is 9.59 Å². The number of hydrogen-bond donors (Lipinski definition) is 2. The van der Waals surface area contributed by atoms with E-state index < -0.39 is 11.9 Å². The van der Waals surface area contributed by atoms with Crippen molar-refractivity contribution in [3.63, 3.8) is 0 Å². The molecule has 0 spiro atoms. The van der Waals surface area contributed by atoms with E-state index in [1.165, 1.54) is 13.2 Å². The van der Waals surface area contributed by atoms with Gasteiger partial charge in [-0.15, -0.1) is 0 Å². The highest BCUT2D eigenvalue weighted by atomic mass is 35.5. The first-order chi connectivity index (χ1) is 16.5. The topological polar surface area (TPSA) is 97.0 Å². The summed E-state index contributed by atoms with van der Waals surface area (Å²) in [6, 6.07) is 20.2. The Morgan fingerprint density at radius 2 is 1.74 bits per heavy atom. The van der Waals surface area contributed by atoms with Crippen molar-refractivity contribution in [1.82, 2.24) is 5.32 Å². The highest BCUT2D eigenvalue weighted by Gasteiger charge is 2.34. The Hall–Kier alpha value is -4.30. The molecule has 1 aliphatic heterocycles. The fourth-order valence-corrected chi connectivity index (χ4v) is 3.61. The van der Waals surface area contributed by atoms with Crippen molar-refractivity contribution in [2.24, 2.45) is 0 Å². The number of methoxy groups -OCH3 is 1. The Bertz CT molecular complexity index is 1260. The van der Waals surface area contributed by atoms with Gasteiger partial charge in [-0.05, 0) is 48.0 Å². The second kappa shape index (κ2) is 10.1. The molecular formula is C25H20ClN3O5. The number of benzene rings is 3. The van der Waals surface area contributed by atoms with Gasteiger partial charge in [0.1, 0.15) is 5.70 Å². The lowest BCUT2D eigenvalue weighted by atomic mass is 10.1. The number of nitrogens with one attached hydrogen (secondary N) is 2. The lowest BCUT2D eigenvalue weighted by Crippen LogP contribution is -2.30. The SMILES string of the molecule is COc1cc(/C=C2/NC(=O)N(c3ccccc3)C2=O)cc(Cl)c1OCC(=O)Nc1ccccc1. The number of carbonyl (C=O) groups is 3. The fraction of sp³-hybridized carbons (Fsp3) is 0.0800. The van der Waals surface area contributed by atoms with E-state index in [4.69, 9.17) is 21.1 Å². The van der Waals surface area contributed by atoms with Gasteiger partial charge < -0.3 is 20.1 Å². The van der Waals surface area contributed by atoms with Gasteiger partial charge >= 0.3 is 6.03 Å². The first kappa shape index (κ1) is 22.9. The Balaban J connectivity index is 1.50. The lowest BCUT2D eigenvalue weighted by molar-refractivity contribution is -0.118. The molecule has 0 aliphatic carbocycles. The number of amides is 4. The maximum Gasteiger partial charge on any atom is 0.333 e. The maximum atomic E-state index is 12.8. The molecule has 8 nitrogen and oxygen atoms in total. The van der Waals surface area contributed by atoms with E-state index in [9.17, 15) is 14.4 Å². The Morgan fingerprint density at radius 1 is 1.06 bits per heavy atom. The monoisotopic (exact) mass is 477 g/mol. The number of nitrogens with zero attached hydrogens (tertiary/aromatic N) is 1. The van der Waals surface area contributed by atoms with Crippen molar-refractivity contribution in [2.45, 2.75) is 0 Å². The van der Waals surface area contributed by atoms with Gasteiger partial charge in [0.15, 0.2) is 18.1 Å². The fourth-order valence-electron chi connectivity index (χ4n) is 3.33. The first-order valence-electron chi connectivity index (χ1n) is 10.2. The third-order valence-corrected chi connectivity index (χ3v) is 5.14. The van der Waals surface area contributed by atoms with E-state index >= 15 is 0 Å². The summed E-state index contributed by atoms with van der Waals surface area (Å²) < 4.78 is 11.0. The van der Waals surface area contributed by atoms with Crippen LogP contribution >= 0.6 is 11.6 Å². The van der Waals surface area contributed by atoms with Gasteiger partial charge in [-0.2, -0.15) is 0 Å². The van der Waals surface area contributed by atoms with E-state index in [1.807, 2.05) is 6.07 Å². The summed E-state index contributed by atoms with van der Waals surface area (Å²) in [6.07, 6.45) is 1.49. The van der Waals surface area contributed by atoms with Crippen molar-refractivity contribution in [3.8, 4) is 11.5 Å². The van der Waals surface area contributed by atoms with Crippen LogP contribution in [0.5, 0.6) is 11.5 Å². The summed E-state index contributed by atoms with van der Waals surface area (Å²) >= 11 is 6.38. The van der Waals surface area contributed by atoms with Crippen LogP contribution in [0.3, 0.4) is 0 Å². The van der Waals surface area contributed by atoms with Crippen LogP contribution in [0.15, 0.2) is 78.5 Å². The third kappa shape index (κ3) is 5.02. The minimum atomic E-state index is -0.551. The molecule has 1 saturated heterocycles. The summed E-state index contributed by atoms with van der Waals surface area (Å²) in [5.41, 5.74) is 1.69. The van der Waals surface area contributed by atoms with Crippen molar-refractivity contribution in [1.29, 1.82) is 0 Å². The average molecular weight is 478 g/mol. The second-order valence-corrected chi connectivity index (χ2v) is 7.61. The molecule has 0 aromatic heterocycles. The molecule has 1 heterocycles. The summed E-state index contributed by atoms with van der Waals surface area (Å²) in [6.45, 7) is -0.286. The molecule has 3 aromatic rings. The highest BCUT2D eigenvalue weighted by Crippen LogP contribution is 2.37. The highest BCUT2D eigenvalue weighted by molar-refractivity contribution is 6.32. The van der Waals surface area contributed by atoms with Crippen LogP contribution in [0.4, 0.5) is 16.2 Å². The summed E-state index contributed by atoms with van der Waals surface area (Å²) in [5, 5.41) is 5.46.